The van der Waals surface area contributed by atoms with E-state index in [9.17, 15) is 9.18 Å². The predicted molar refractivity (Wildman–Crippen MR) is 78.6 cm³/mol. The summed E-state index contributed by atoms with van der Waals surface area (Å²) in [4.78, 5) is 12.3. The third kappa shape index (κ3) is 4.11. The van der Waals surface area contributed by atoms with Crippen LogP contribution in [0.1, 0.15) is 5.56 Å². The van der Waals surface area contributed by atoms with Gasteiger partial charge in [-0.25, -0.2) is 9.18 Å². The van der Waals surface area contributed by atoms with E-state index in [0.717, 1.165) is 15.9 Å². The van der Waals surface area contributed by atoms with Gasteiger partial charge in [-0.15, -0.1) is 0 Å². The number of hydrogen-bond acceptors (Lipinski definition) is 2. The molecule has 0 spiro atoms. The fraction of sp³-hybridized carbons (Fsp3) is 0. The van der Waals surface area contributed by atoms with Crippen LogP contribution in [-0.2, 0) is 4.79 Å². The molecule has 102 valence electrons. The lowest BCUT2D eigenvalue weighted by molar-refractivity contribution is -0.131. The second-order valence-corrected chi connectivity index (χ2v) is 5.46. The summed E-state index contributed by atoms with van der Waals surface area (Å²) in [5.74, 6) is -1.48. The second kappa shape index (κ2) is 6.59. The van der Waals surface area contributed by atoms with E-state index < -0.39 is 11.8 Å². The molecule has 0 saturated carbocycles. The molecule has 20 heavy (non-hydrogen) atoms. The van der Waals surface area contributed by atoms with Gasteiger partial charge in [0.2, 0.25) is 0 Å². The Labute approximate surface area is 124 Å². The van der Waals surface area contributed by atoms with Gasteiger partial charge in [-0.05, 0) is 54.1 Å². The Morgan fingerprint density at radius 1 is 1.20 bits per heavy atom. The number of aliphatic carboxylic acids is 1. The van der Waals surface area contributed by atoms with E-state index in [1.807, 2.05) is 12.1 Å². The number of halogens is 2. The van der Waals surface area contributed by atoms with Crippen molar-refractivity contribution in [3.63, 3.8) is 0 Å². The van der Waals surface area contributed by atoms with Crippen molar-refractivity contribution in [2.45, 2.75) is 9.79 Å². The molecule has 2 aromatic carbocycles. The molecule has 0 fully saturated rings. The third-order valence-corrected chi connectivity index (χ3v) is 3.77. The molecule has 0 radical (unpaired) electrons. The van der Waals surface area contributed by atoms with E-state index in [0.29, 0.717) is 10.6 Å². The van der Waals surface area contributed by atoms with Gasteiger partial charge >= 0.3 is 5.97 Å². The summed E-state index contributed by atoms with van der Waals surface area (Å²) in [7, 11) is 0. The van der Waals surface area contributed by atoms with Gasteiger partial charge in [0.15, 0.2) is 0 Å². The highest BCUT2D eigenvalue weighted by atomic mass is 35.5. The van der Waals surface area contributed by atoms with Gasteiger partial charge in [0.1, 0.15) is 5.82 Å². The van der Waals surface area contributed by atoms with Crippen molar-refractivity contribution in [2.24, 2.45) is 0 Å². The Bertz CT molecular complexity index is 653. The first-order valence-corrected chi connectivity index (χ1v) is 6.88. The molecule has 0 atom stereocenters. The molecule has 0 aliphatic carbocycles. The molecule has 2 rings (SSSR count). The fourth-order valence-electron chi connectivity index (χ4n) is 1.53. The number of carboxylic acid groups (broad SMARTS) is 1. The minimum Gasteiger partial charge on any atom is -0.478 e. The Morgan fingerprint density at radius 3 is 2.55 bits per heavy atom. The normalized spacial score (nSPS) is 10.9. The quantitative estimate of drug-likeness (QED) is 0.830. The molecule has 0 bridgehead atoms. The maximum absolute atomic E-state index is 13.3. The first kappa shape index (κ1) is 14.6. The van der Waals surface area contributed by atoms with Crippen LogP contribution in [0, 0.1) is 5.82 Å². The van der Waals surface area contributed by atoms with Gasteiger partial charge in [-0.2, -0.15) is 0 Å². The number of benzene rings is 2. The molecule has 0 heterocycles. The van der Waals surface area contributed by atoms with Crippen molar-refractivity contribution in [2.75, 3.05) is 0 Å². The van der Waals surface area contributed by atoms with Crippen LogP contribution in [0.15, 0.2) is 58.3 Å². The average Bonchev–Trinajstić information content (AvgIpc) is 2.41. The lowest BCUT2D eigenvalue weighted by Gasteiger charge is -2.06. The zero-order valence-electron chi connectivity index (χ0n) is 10.2. The molecule has 2 nitrogen and oxygen atoms in total. The molecule has 1 N–H and O–H groups in total. The first-order chi connectivity index (χ1) is 9.54. The van der Waals surface area contributed by atoms with Gasteiger partial charge in [-0.3, -0.25) is 0 Å². The van der Waals surface area contributed by atoms with Crippen LogP contribution in [0.25, 0.3) is 6.08 Å². The minimum absolute atomic E-state index is 0.407. The summed E-state index contributed by atoms with van der Waals surface area (Å²) >= 11 is 7.23. The first-order valence-electron chi connectivity index (χ1n) is 5.68. The largest absolute Gasteiger partial charge is 0.478 e. The van der Waals surface area contributed by atoms with Crippen molar-refractivity contribution >= 4 is 35.4 Å². The molecular weight excluding hydrogens is 299 g/mol. The molecule has 0 aliphatic heterocycles. The van der Waals surface area contributed by atoms with Crippen molar-refractivity contribution < 1.29 is 14.3 Å². The Kier molecular flexibility index (Phi) is 4.82. The molecule has 0 amide bonds. The highest BCUT2D eigenvalue weighted by molar-refractivity contribution is 7.99. The summed E-state index contributed by atoms with van der Waals surface area (Å²) < 4.78 is 13.3. The molecule has 0 aliphatic rings. The van der Waals surface area contributed by atoms with Crippen LogP contribution >= 0.6 is 23.4 Å². The summed E-state index contributed by atoms with van der Waals surface area (Å²) in [6.45, 7) is 0. The van der Waals surface area contributed by atoms with Crippen molar-refractivity contribution in [3.05, 3.63) is 64.9 Å². The van der Waals surface area contributed by atoms with Crippen LogP contribution in [-0.4, -0.2) is 11.1 Å². The van der Waals surface area contributed by atoms with E-state index in [1.165, 1.54) is 30.0 Å². The second-order valence-electron chi connectivity index (χ2n) is 3.91. The predicted octanol–water partition coefficient (Wildman–Crippen LogP) is 4.73. The van der Waals surface area contributed by atoms with Crippen LogP contribution in [0.4, 0.5) is 4.39 Å². The lowest BCUT2D eigenvalue weighted by Crippen LogP contribution is -1.88. The Morgan fingerprint density at radius 2 is 1.90 bits per heavy atom. The van der Waals surface area contributed by atoms with Crippen LogP contribution in [0.5, 0.6) is 0 Å². The number of rotatable bonds is 4. The number of hydrogen-bond donors (Lipinski definition) is 1. The lowest BCUT2D eigenvalue weighted by atomic mass is 10.2. The van der Waals surface area contributed by atoms with Crippen LogP contribution < -0.4 is 0 Å². The highest BCUT2D eigenvalue weighted by Gasteiger charge is 2.05. The third-order valence-electron chi connectivity index (χ3n) is 2.42. The standard InChI is InChI=1S/C15H10ClFO2S/c16-11-2-5-13(6-3-11)20-14-7-4-12(17)9-10(14)1-8-15(18)19/h1-9H,(H,18,19)/b8-1+. The van der Waals surface area contributed by atoms with Gasteiger partial charge in [-0.1, -0.05) is 23.4 Å². The van der Waals surface area contributed by atoms with Gasteiger partial charge in [0.25, 0.3) is 0 Å². The van der Waals surface area contributed by atoms with Crippen LogP contribution in [0.2, 0.25) is 5.02 Å². The van der Waals surface area contributed by atoms with Gasteiger partial charge in [0.05, 0.1) is 0 Å². The zero-order chi connectivity index (χ0) is 14.5. The molecule has 0 saturated heterocycles. The monoisotopic (exact) mass is 308 g/mol. The highest BCUT2D eigenvalue weighted by Crippen LogP contribution is 2.32. The van der Waals surface area contributed by atoms with E-state index in [-0.39, 0.29) is 0 Å². The van der Waals surface area contributed by atoms with E-state index in [2.05, 4.69) is 0 Å². The van der Waals surface area contributed by atoms with Gasteiger partial charge < -0.3 is 5.11 Å². The zero-order valence-corrected chi connectivity index (χ0v) is 11.8. The van der Waals surface area contributed by atoms with E-state index >= 15 is 0 Å². The topological polar surface area (TPSA) is 37.3 Å². The van der Waals surface area contributed by atoms with E-state index in [1.54, 1.807) is 18.2 Å². The SMILES string of the molecule is O=C(O)/C=C/c1cc(F)ccc1Sc1ccc(Cl)cc1. The van der Waals surface area contributed by atoms with Crippen molar-refractivity contribution in [3.8, 4) is 0 Å². The summed E-state index contributed by atoms with van der Waals surface area (Å²) in [6.07, 6.45) is 2.37. The van der Waals surface area contributed by atoms with Gasteiger partial charge in [0, 0.05) is 20.9 Å². The average molecular weight is 309 g/mol. The molecule has 0 unspecified atom stereocenters. The summed E-state index contributed by atoms with van der Waals surface area (Å²) in [5, 5.41) is 9.29. The maximum atomic E-state index is 13.3. The summed E-state index contributed by atoms with van der Waals surface area (Å²) in [6, 6.07) is 11.5. The number of carboxylic acids is 1. The van der Waals surface area contributed by atoms with E-state index in [4.69, 9.17) is 16.7 Å². The van der Waals surface area contributed by atoms with Crippen molar-refractivity contribution in [1.29, 1.82) is 0 Å². The molecule has 2 aromatic rings. The van der Waals surface area contributed by atoms with Crippen molar-refractivity contribution in [1.82, 2.24) is 0 Å². The molecule has 0 aromatic heterocycles. The fourth-order valence-corrected chi connectivity index (χ4v) is 2.57. The summed E-state index contributed by atoms with van der Waals surface area (Å²) in [5.41, 5.74) is 0.521. The molecular formula is C15H10ClFO2S. The van der Waals surface area contributed by atoms with Crippen LogP contribution in [0.3, 0.4) is 0 Å². The minimum atomic E-state index is -1.07. The Balaban J connectivity index is 2.30. The number of carbonyl (C=O) groups is 1. The maximum Gasteiger partial charge on any atom is 0.328 e. The Hall–Kier alpha value is -1.78. The smallest absolute Gasteiger partial charge is 0.328 e. The molecule has 5 heteroatoms.